The normalized spacial score (nSPS) is 21.6. The van der Waals surface area contributed by atoms with Crippen LogP contribution in [0.1, 0.15) is 79.1 Å². The molecule has 0 bridgehead atoms. The van der Waals surface area contributed by atoms with Crippen LogP contribution in [0.25, 0.3) is 0 Å². The van der Waals surface area contributed by atoms with Crippen molar-refractivity contribution in [2.45, 2.75) is 76.5 Å². The third kappa shape index (κ3) is 10.4. The molecule has 1 N–H and O–H groups in total. The van der Waals surface area contributed by atoms with E-state index >= 15 is 0 Å². The summed E-state index contributed by atoms with van der Waals surface area (Å²) in [6, 6.07) is 22.3. The fraction of sp³-hybridized carbons (Fsp3) is 0.438. The third-order valence-corrected chi connectivity index (χ3v) is 14.6. The second-order valence-electron chi connectivity index (χ2n) is 16.7. The predicted molar refractivity (Wildman–Crippen MR) is 243 cm³/mol. The predicted octanol–water partition coefficient (Wildman–Crippen LogP) is 9.54. The Labute approximate surface area is 370 Å². The van der Waals surface area contributed by atoms with E-state index in [0.29, 0.717) is 61.1 Å². The van der Waals surface area contributed by atoms with E-state index in [-0.39, 0.29) is 29.4 Å². The highest BCUT2D eigenvalue weighted by atomic mass is 35.5. The molecule has 7 atom stereocenters. The molecule has 1 fully saturated rings. The molecule has 2 heterocycles. The summed E-state index contributed by atoms with van der Waals surface area (Å²) in [5.74, 6) is 0.231. The molecule has 14 heteroatoms. The van der Waals surface area contributed by atoms with Crippen LogP contribution in [0.5, 0.6) is 11.6 Å². The molecule has 2 amide bonds. The van der Waals surface area contributed by atoms with Gasteiger partial charge in [-0.15, -0.1) is 22.6 Å². The number of methoxy groups -OCH3 is 1. The lowest BCUT2D eigenvalue weighted by Crippen LogP contribution is -2.49. The van der Waals surface area contributed by atoms with Crippen LogP contribution in [-0.4, -0.2) is 71.3 Å². The minimum Gasteiger partial charge on any atom is -0.490 e. The molecule has 4 aromatic rings. The van der Waals surface area contributed by atoms with E-state index in [2.05, 4.69) is 44.4 Å². The van der Waals surface area contributed by atoms with E-state index in [1.807, 2.05) is 49.4 Å². The standard InChI is InChI=1S/C48H58ClN5O7S/c1-6-13-34(29-59-45-23-25-54(8-3)50-45)30-62(57,52-47(56)61-33(4)35-14-10-9-11-15-35)51-46(55)37-18-22-44-42(27-37)53(28-38-17-20-40(38)43(7-2)58-5)31-48(32-60-44)24-12-16-36-26-39(49)19-21-41(36)48/h6-7,9-11,14-15,18-19,21-23,25-27,33-34,38,40,43H,1-2,8,12-13,16-17,20,24,28-32H2,3-5H3,(H,51,52,55,56,57)/t33-,34+,38-,40+,43-,48-,62?/m0/s1. The molecule has 3 aliphatic rings. The number of aromatic nitrogens is 2. The fourth-order valence-corrected chi connectivity index (χ4v) is 11.1. The number of amides is 2. The molecule has 62 heavy (non-hydrogen) atoms. The van der Waals surface area contributed by atoms with Crippen molar-refractivity contribution >= 4 is 39.2 Å². The number of ether oxygens (including phenoxy) is 4. The maximum absolute atomic E-state index is 15.0. The van der Waals surface area contributed by atoms with Crippen LogP contribution in [0.2, 0.25) is 5.02 Å². The van der Waals surface area contributed by atoms with Gasteiger partial charge in [-0.25, -0.2) is 13.7 Å². The number of allylic oxidation sites excluding steroid dienone is 1. The number of rotatable bonds is 17. The van der Waals surface area contributed by atoms with Crippen molar-refractivity contribution in [3.63, 3.8) is 0 Å². The van der Waals surface area contributed by atoms with Crippen LogP contribution in [0, 0.1) is 17.8 Å². The molecule has 2 aliphatic carbocycles. The topological polar surface area (TPSA) is 134 Å². The van der Waals surface area contributed by atoms with Crippen molar-refractivity contribution in [1.29, 1.82) is 0 Å². The van der Waals surface area contributed by atoms with Crippen LogP contribution in [0.15, 0.2) is 109 Å². The highest BCUT2D eigenvalue weighted by Crippen LogP contribution is 2.47. The Balaban J connectivity index is 1.22. The van der Waals surface area contributed by atoms with E-state index < -0.39 is 33.9 Å². The van der Waals surface area contributed by atoms with Gasteiger partial charge in [-0.2, -0.15) is 0 Å². The number of fused-ring (bicyclic) bond motifs is 3. The number of hydrogen-bond donors (Lipinski definition) is 1. The number of aryl methyl sites for hydroxylation is 2. The van der Waals surface area contributed by atoms with Gasteiger partial charge in [-0.1, -0.05) is 60.2 Å². The molecule has 1 spiro atoms. The number of carbonyl (C=O) groups is 2. The van der Waals surface area contributed by atoms with Crippen LogP contribution in [-0.2, 0) is 37.8 Å². The largest absolute Gasteiger partial charge is 0.490 e. The average Bonchev–Trinajstić information content (AvgIpc) is 3.67. The van der Waals surface area contributed by atoms with Crippen LogP contribution < -0.4 is 19.1 Å². The maximum atomic E-state index is 15.0. The zero-order chi connectivity index (χ0) is 43.9. The van der Waals surface area contributed by atoms with Gasteiger partial charge in [-0.3, -0.25) is 9.48 Å². The molecule has 0 radical (unpaired) electrons. The number of carbonyl (C=O) groups excluding carboxylic acids is 2. The van der Waals surface area contributed by atoms with E-state index in [0.717, 1.165) is 43.4 Å². The molecule has 1 saturated carbocycles. The van der Waals surface area contributed by atoms with E-state index in [1.165, 1.54) is 11.1 Å². The van der Waals surface area contributed by atoms with Crippen molar-refractivity contribution < 1.29 is 32.7 Å². The fourth-order valence-electron chi connectivity index (χ4n) is 9.16. The van der Waals surface area contributed by atoms with E-state index in [1.54, 1.807) is 55.3 Å². The van der Waals surface area contributed by atoms with Gasteiger partial charge in [0.25, 0.3) is 5.91 Å². The van der Waals surface area contributed by atoms with Crippen molar-refractivity contribution in [2.75, 3.05) is 44.1 Å². The van der Waals surface area contributed by atoms with Crippen molar-refractivity contribution in [2.24, 2.45) is 22.1 Å². The first-order valence-corrected chi connectivity index (χ1v) is 23.6. The Hall–Kier alpha value is -5.11. The summed E-state index contributed by atoms with van der Waals surface area (Å²) in [6.07, 6.45) is 8.96. The second-order valence-corrected chi connectivity index (χ2v) is 19.1. The Morgan fingerprint density at radius 2 is 1.95 bits per heavy atom. The highest BCUT2D eigenvalue weighted by Gasteiger charge is 2.44. The first kappa shape index (κ1) is 44.9. The Kier molecular flexibility index (Phi) is 14.5. The number of anilines is 1. The summed E-state index contributed by atoms with van der Waals surface area (Å²) >= 11 is 6.50. The lowest BCUT2D eigenvalue weighted by atomic mass is 9.68. The minimum atomic E-state index is -3.81. The van der Waals surface area contributed by atoms with Crippen LogP contribution in [0.3, 0.4) is 0 Å². The molecular formula is C48H58ClN5O7S. The second kappa shape index (κ2) is 19.9. The molecule has 0 saturated heterocycles. The summed E-state index contributed by atoms with van der Waals surface area (Å²) in [6.45, 7) is 14.2. The van der Waals surface area contributed by atoms with Gasteiger partial charge in [0.1, 0.15) is 21.8 Å². The van der Waals surface area contributed by atoms with Gasteiger partial charge in [-0.05, 0) is 111 Å². The Morgan fingerprint density at radius 1 is 1.13 bits per heavy atom. The Morgan fingerprint density at radius 3 is 2.66 bits per heavy atom. The van der Waals surface area contributed by atoms with Crippen molar-refractivity contribution in [1.82, 2.24) is 14.5 Å². The zero-order valence-electron chi connectivity index (χ0n) is 35.9. The monoisotopic (exact) mass is 883 g/mol. The number of nitrogens with zero attached hydrogens (tertiary/aromatic N) is 4. The summed E-state index contributed by atoms with van der Waals surface area (Å²) in [4.78, 5) is 30.3. The molecule has 12 nitrogen and oxygen atoms in total. The summed E-state index contributed by atoms with van der Waals surface area (Å²) in [7, 11) is -2.08. The van der Waals surface area contributed by atoms with E-state index in [4.69, 9.17) is 30.5 Å². The molecule has 1 aromatic heterocycles. The van der Waals surface area contributed by atoms with Crippen LogP contribution in [0.4, 0.5) is 10.5 Å². The van der Waals surface area contributed by atoms with Crippen LogP contribution >= 0.6 is 11.6 Å². The zero-order valence-corrected chi connectivity index (χ0v) is 37.5. The van der Waals surface area contributed by atoms with Gasteiger partial charge < -0.3 is 23.8 Å². The number of halogens is 1. The molecule has 1 aliphatic heterocycles. The first-order chi connectivity index (χ1) is 29.9. The molecular weight excluding hydrogens is 826 g/mol. The van der Waals surface area contributed by atoms with Gasteiger partial charge in [0.05, 0.1) is 30.8 Å². The lowest BCUT2D eigenvalue weighted by molar-refractivity contribution is 0.0135. The van der Waals surface area contributed by atoms with Gasteiger partial charge >= 0.3 is 6.09 Å². The molecule has 3 aromatic carbocycles. The van der Waals surface area contributed by atoms with Gasteiger partial charge in [0, 0.05) is 60.9 Å². The summed E-state index contributed by atoms with van der Waals surface area (Å²) in [5, 5.41) is 5.11. The molecule has 1 unspecified atom stereocenters. The third-order valence-electron chi connectivity index (χ3n) is 12.5. The highest BCUT2D eigenvalue weighted by molar-refractivity contribution is 7.92. The minimum absolute atomic E-state index is 0.0679. The smallest absolute Gasteiger partial charge is 0.420 e. The summed E-state index contributed by atoms with van der Waals surface area (Å²) in [5.41, 5.74) is 3.85. The maximum Gasteiger partial charge on any atom is 0.420 e. The van der Waals surface area contributed by atoms with Crippen molar-refractivity contribution in [3.05, 3.63) is 132 Å². The lowest BCUT2D eigenvalue weighted by Gasteiger charge is -2.46. The SMILES string of the molecule is C=CC[C@H](COc1ccn(CC)n1)CS(=O)(=NC(=O)c1ccc2c(c1)N(C[C@@H]1CC[C@H]1[C@H](C=C)OC)C[C@@]1(CCCc3cc(Cl)ccc31)CO2)NC(=O)O[C@@H](C)c1ccccc1. The first-order valence-electron chi connectivity index (χ1n) is 21.5. The van der Waals surface area contributed by atoms with E-state index in [9.17, 15) is 13.8 Å². The van der Waals surface area contributed by atoms with Crippen molar-refractivity contribution in [3.8, 4) is 11.6 Å². The van der Waals surface area contributed by atoms with Gasteiger partial charge in [0.15, 0.2) is 0 Å². The number of benzene rings is 3. The average molecular weight is 885 g/mol. The molecule has 330 valence electrons. The number of hydrogen-bond acceptors (Lipinski definition) is 9. The quantitative estimate of drug-likeness (QED) is 0.103. The Bertz CT molecular complexity index is 2360. The summed E-state index contributed by atoms with van der Waals surface area (Å²) < 4.78 is 47.7. The molecule has 7 rings (SSSR count). The number of nitrogens with one attached hydrogen (secondary N) is 1. The van der Waals surface area contributed by atoms with Gasteiger partial charge in [0.2, 0.25) is 5.88 Å².